The van der Waals surface area contributed by atoms with Gasteiger partial charge < -0.3 is 20.5 Å². The highest BCUT2D eigenvalue weighted by molar-refractivity contribution is 5.97. The molecule has 3 heterocycles. The molecule has 7 nitrogen and oxygen atoms in total. The van der Waals surface area contributed by atoms with Crippen molar-refractivity contribution in [2.75, 3.05) is 31.1 Å². The minimum absolute atomic E-state index is 0.137. The molecule has 0 radical (unpaired) electrons. The van der Waals surface area contributed by atoms with Crippen LogP contribution in [0.4, 0.5) is 10.1 Å². The van der Waals surface area contributed by atoms with Crippen LogP contribution in [0.1, 0.15) is 42.6 Å². The predicted molar refractivity (Wildman–Crippen MR) is 106 cm³/mol. The molecule has 2 atom stereocenters. The Morgan fingerprint density at radius 2 is 2.17 bits per heavy atom. The van der Waals surface area contributed by atoms with Crippen LogP contribution in [0.25, 0.3) is 10.9 Å². The minimum Gasteiger partial charge on any atom is -0.487 e. The number of carboxylic acid groups (broad SMARTS) is 1. The topological polar surface area (TPSA) is 97.8 Å². The van der Waals surface area contributed by atoms with Crippen molar-refractivity contribution in [3.05, 3.63) is 33.9 Å². The zero-order valence-corrected chi connectivity index (χ0v) is 16.3. The second kappa shape index (κ2) is 6.19. The lowest BCUT2D eigenvalue weighted by atomic mass is 9.63. The SMILES string of the molecule is C[C@H]1COc2c(N3CC(CN)C4(CCC4)C3)c(F)cc3cc(C(=O)O)c(=O)n1c23. The lowest BCUT2D eigenvalue weighted by Crippen LogP contribution is -2.40. The van der Waals surface area contributed by atoms with E-state index in [-0.39, 0.29) is 23.6 Å². The number of aromatic carboxylic acids is 1. The van der Waals surface area contributed by atoms with Crippen LogP contribution in [0.15, 0.2) is 16.9 Å². The Morgan fingerprint density at radius 1 is 1.41 bits per heavy atom. The van der Waals surface area contributed by atoms with E-state index in [1.807, 2.05) is 4.90 Å². The Kier molecular flexibility index (Phi) is 3.93. The molecule has 3 N–H and O–H groups in total. The van der Waals surface area contributed by atoms with Gasteiger partial charge in [0.05, 0.1) is 11.6 Å². The first-order chi connectivity index (χ1) is 13.9. The highest BCUT2D eigenvalue weighted by Crippen LogP contribution is 2.54. The fourth-order valence-electron chi connectivity index (χ4n) is 5.44. The number of nitrogens with zero attached hydrogens (tertiary/aromatic N) is 2. The summed E-state index contributed by atoms with van der Waals surface area (Å²) in [5.41, 5.74) is 6.05. The van der Waals surface area contributed by atoms with Crippen LogP contribution in [0.3, 0.4) is 0 Å². The molecular weight excluding hydrogens is 377 g/mol. The van der Waals surface area contributed by atoms with Crippen molar-refractivity contribution >= 4 is 22.6 Å². The fraction of sp³-hybridized carbons (Fsp3) is 0.524. The molecule has 2 fully saturated rings. The molecule has 154 valence electrons. The van der Waals surface area contributed by atoms with Gasteiger partial charge in [-0.3, -0.25) is 9.36 Å². The molecular formula is C21H24FN3O4. The Hall–Kier alpha value is -2.61. The van der Waals surface area contributed by atoms with Crippen LogP contribution in [-0.2, 0) is 0 Å². The number of hydrogen-bond acceptors (Lipinski definition) is 5. The molecule has 1 aromatic heterocycles. The lowest BCUT2D eigenvalue weighted by molar-refractivity contribution is 0.0694. The number of halogens is 1. The van der Waals surface area contributed by atoms with Gasteiger partial charge in [-0.2, -0.15) is 0 Å². The highest BCUT2D eigenvalue weighted by Gasteiger charge is 2.50. The summed E-state index contributed by atoms with van der Waals surface area (Å²) in [5.74, 6) is -1.14. The number of carboxylic acids is 1. The average Bonchev–Trinajstić information content (AvgIpc) is 3.05. The third-order valence-electron chi connectivity index (χ3n) is 7.10. The molecule has 1 saturated carbocycles. The summed E-state index contributed by atoms with van der Waals surface area (Å²) in [5, 5.41) is 9.76. The van der Waals surface area contributed by atoms with Gasteiger partial charge in [0.1, 0.15) is 17.9 Å². The molecule has 1 spiro atoms. The van der Waals surface area contributed by atoms with E-state index in [2.05, 4.69) is 0 Å². The maximum Gasteiger partial charge on any atom is 0.341 e. The first-order valence-electron chi connectivity index (χ1n) is 10.1. The quantitative estimate of drug-likeness (QED) is 0.819. The van der Waals surface area contributed by atoms with Crippen LogP contribution >= 0.6 is 0 Å². The monoisotopic (exact) mass is 401 g/mol. The molecule has 3 aliphatic rings. The van der Waals surface area contributed by atoms with Gasteiger partial charge in [-0.15, -0.1) is 0 Å². The summed E-state index contributed by atoms with van der Waals surface area (Å²) in [6.45, 7) is 3.91. The second-order valence-electron chi connectivity index (χ2n) is 8.70. The standard InChI is InChI=1S/C21H24FN3O4/c1-11-9-29-18-16-12(5-14(20(27)28)19(26)25(11)16)6-15(22)17(18)24-8-13(7-23)21(10-24)3-2-4-21/h5-6,11,13H,2-4,7-10,23H2,1H3,(H,27,28)/t11-,13?/m0/s1. The highest BCUT2D eigenvalue weighted by atomic mass is 19.1. The van der Waals surface area contributed by atoms with Crippen LogP contribution < -0.4 is 20.9 Å². The number of anilines is 1. The smallest absolute Gasteiger partial charge is 0.341 e. The van der Waals surface area contributed by atoms with Crippen LogP contribution in [0, 0.1) is 17.2 Å². The molecule has 0 bridgehead atoms. The number of benzene rings is 1. The van der Waals surface area contributed by atoms with Gasteiger partial charge in [-0.05, 0) is 49.8 Å². The zero-order valence-electron chi connectivity index (χ0n) is 16.3. The maximum atomic E-state index is 15.3. The van der Waals surface area contributed by atoms with E-state index >= 15 is 4.39 Å². The number of hydrogen-bond donors (Lipinski definition) is 2. The zero-order chi connectivity index (χ0) is 20.5. The van der Waals surface area contributed by atoms with E-state index in [1.54, 1.807) is 6.92 Å². The molecule has 1 aliphatic carbocycles. The third-order valence-corrected chi connectivity index (χ3v) is 7.10. The molecule has 2 aliphatic heterocycles. The van der Waals surface area contributed by atoms with Crippen molar-refractivity contribution in [2.45, 2.75) is 32.2 Å². The number of aromatic nitrogens is 1. The van der Waals surface area contributed by atoms with Gasteiger partial charge in [0.2, 0.25) is 0 Å². The summed E-state index contributed by atoms with van der Waals surface area (Å²) in [4.78, 5) is 26.4. The molecule has 0 amide bonds. The van der Waals surface area contributed by atoms with Crippen molar-refractivity contribution in [1.29, 1.82) is 0 Å². The predicted octanol–water partition coefficient (Wildman–Crippen LogP) is 2.36. The van der Waals surface area contributed by atoms with E-state index in [0.717, 1.165) is 19.4 Å². The van der Waals surface area contributed by atoms with Gasteiger partial charge in [0.15, 0.2) is 11.6 Å². The molecule has 29 heavy (non-hydrogen) atoms. The van der Waals surface area contributed by atoms with E-state index in [0.29, 0.717) is 41.3 Å². The van der Waals surface area contributed by atoms with Crippen molar-refractivity contribution in [3.63, 3.8) is 0 Å². The largest absolute Gasteiger partial charge is 0.487 e. The van der Waals surface area contributed by atoms with Crippen LogP contribution in [0.5, 0.6) is 5.75 Å². The van der Waals surface area contributed by atoms with Gasteiger partial charge in [-0.25, -0.2) is 9.18 Å². The molecule has 2 aromatic rings. The summed E-state index contributed by atoms with van der Waals surface area (Å²) >= 11 is 0. The molecule has 5 rings (SSSR count). The number of rotatable bonds is 3. The Morgan fingerprint density at radius 3 is 2.76 bits per heavy atom. The Labute approximate surface area is 166 Å². The van der Waals surface area contributed by atoms with E-state index in [1.165, 1.54) is 23.1 Å². The molecule has 1 aromatic carbocycles. The molecule has 8 heteroatoms. The first-order valence-corrected chi connectivity index (χ1v) is 10.1. The van der Waals surface area contributed by atoms with Gasteiger partial charge in [0.25, 0.3) is 5.56 Å². The fourth-order valence-corrected chi connectivity index (χ4v) is 5.44. The van der Waals surface area contributed by atoms with E-state index in [9.17, 15) is 14.7 Å². The van der Waals surface area contributed by atoms with Gasteiger partial charge in [0, 0.05) is 18.5 Å². The lowest BCUT2D eigenvalue weighted by Gasteiger charge is -2.42. The summed E-state index contributed by atoms with van der Waals surface area (Å²) < 4.78 is 22.7. The maximum absolute atomic E-state index is 15.3. The van der Waals surface area contributed by atoms with Crippen molar-refractivity contribution < 1.29 is 19.0 Å². The molecule has 1 unspecified atom stereocenters. The van der Waals surface area contributed by atoms with Crippen molar-refractivity contribution in [2.24, 2.45) is 17.1 Å². The van der Waals surface area contributed by atoms with Crippen LogP contribution in [-0.4, -0.2) is 41.9 Å². The van der Waals surface area contributed by atoms with Crippen molar-refractivity contribution in [1.82, 2.24) is 4.57 Å². The van der Waals surface area contributed by atoms with E-state index in [4.69, 9.17) is 10.5 Å². The average molecular weight is 401 g/mol. The normalized spacial score (nSPS) is 24.6. The third kappa shape index (κ3) is 2.44. The Balaban J connectivity index is 1.73. The minimum atomic E-state index is -1.32. The number of nitrogens with two attached hydrogens (primary N) is 1. The number of carbonyl (C=O) groups is 1. The number of pyridine rings is 1. The number of ether oxygens (including phenoxy) is 1. The van der Waals surface area contributed by atoms with Gasteiger partial charge in [-0.1, -0.05) is 6.42 Å². The summed E-state index contributed by atoms with van der Waals surface area (Å²) in [6, 6.07) is 2.22. The second-order valence-corrected chi connectivity index (χ2v) is 8.70. The summed E-state index contributed by atoms with van der Waals surface area (Å²) in [6.07, 6.45) is 3.36. The summed E-state index contributed by atoms with van der Waals surface area (Å²) in [7, 11) is 0. The van der Waals surface area contributed by atoms with E-state index < -0.39 is 17.3 Å². The van der Waals surface area contributed by atoms with Crippen molar-refractivity contribution in [3.8, 4) is 5.75 Å². The Bertz CT molecular complexity index is 1090. The van der Waals surface area contributed by atoms with Crippen LogP contribution in [0.2, 0.25) is 0 Å². The molecule has 1 saturated heterocycles. The first kappa shape index (κ1) is 18.4. The van der Waals surface area contributed by atoms with Gasteiger partial charge >= 0.3 is 5.97 Å².